The van der Waals surface area contributed by atoms with Crippen LogP contribution in [-0.2, 0) is 9.31 Å². The van der Waals surface area contributed by atoms with Gasteiger partial charge in [-0.05, 0) is 57.4 Å². The van der Waals surface area contributed by atoms with Crippen molar-refractivity contribution >= 4 is 49.9 Å². The highest BCUT2D eigenvalue weighted by molar-refractivity contribution is 6.62. The number of nitrogens with two attached hydrogens (primary N) is 1. The molecular weight excluding hydrogens is 469 g/mol. The van der Waals surface area contributed by atoms with Gasteiger partial charge in [-0.15, -0.1) is 0 Å². The van der Waals surface area contributed by atoms with Gasteiger partial charge < -0.3 is 25.0 Å². The highest BCUT2D eigenvalue weighted by atomic mass is 35.5. The Morgan fingerprint density at radius 1 is 1.11 bits per heavy atom. The highest BCUT2D eigenvalue weighted by Gasteiger charge is 2.51. The zero-order valence-corrected chi connectivity index (χ0v) is 20.8. The van der Waals surface area contributed by atoms with Gasteiger partial charge in [-0.1, -0.05) is 23.7 Å². The van der Waals surface area contributed by atoms with E-state index in [9.17, 15) is 9.59 Å². The molecule has 0 aliphatic carbocycles. The van der Waals surface area contributed by atoms with E-state index in [-0.39, 0.29) is 22.1 Å². The zero-order chi connectivity index (χ0) is 25.5. The van der Waals surface area contributed by atoms with Gasteiger partial charge >= 0.3 is 15.2 Å². The molecule has 3 N–H and O–H groups in total. The summed E-state index contributed by atoms with van der Waals surface area (Å²) in [5.41, 5.74) is 5.76. The number of carbonyl (C=O) groups is 2. The Bertz CT molecular complexity index is 1290. The number of amides is 2. The fraction of sp³-hybridized carbons (Fsp3) is 0.261. The van der Waals surface area contributed by atoms with E-state index in [2.05, 4.69) is 10.4 Å². The Morgan fingerprint density at radius 2 is 1.80 bits per heavy atom. The normalized spacial score (nSPS) is 16.2. The maximum atomic E-state index is 13.3. The molecular formula is C23H25B2ClN4O5. The lowest BCUT2D eigenvalue weighted by Crippen LogP contribution is -2.41. The molecule has 3 aromatic rings. The number of carbonyl (C=O) groups excluding carboxylic acids is 2. The lowest BCUT2D eigenvalue weighted by molar-refractivity contribution is 0.00578. The second-order valence-electron chi connectivity index (χ2n) is 9.17. The van der Waals surface area contributed by atoms with E-state index in [0.29, 0.717) is 16.9 Å². The molecule has 1 aliphatic heterocycles. The number of benzene rings is 2. The lowest BCUT2D eigenvalue weighted by atomic mass is 9.78. The van der Waals surface area contributed by atoms with Gasteiger partial charge in [0.05, 0.1) is 27.5 Å². The standard InChI is InChI=1S/C23H25B2ClN4O5/c1-22(2)23(3,4)35-25(34-22)13-8-9-17(26)16(10-13)21(32)28-19-12-18(20(27)31)29-30(19)14-6-5-7-15(11-14)33-24/h5-12H,24H2,1-4H3,(H2,27,31)(H,28,32). The highest BCUT2D eigenvalue weighted by Crippen LogP contribution is 2.36. The van der Waals surface area contributed by atoms with Crippen molar-refractivity contribution < 1.29 is 23.6 Å². The summed E-state index contributed by atoms with van der Waals surface area (Å²) in [6, 6.07) is 13.4. The predicted molar refractivity (Wildman–Crippen MR) is 136 cm³/mol. The van der Waals surface area contributed by atoms with E-state index >= 15 is 0 Å². The first-order valence-electron chi connectivity index (χ1n) is 10.9. The number of halogens is 1. The molecule has 35 heavy (non-hydrogen) atoms. The Balaban J connectivity index is 1.67. The van der Waals surface area contributed by atoms with Crippen molar-refractivity contribution in [1.29, 1.82) is 0 Å². The molecule has 0 spiro atoms. The minimum absolute atomic E-state index is 0.0137. The summed E-state index contributed by atoms with van der Waals surface area (Å²) in [6.45, 7) is 7.80. The van der Waals surface area contributed by atoms with Crippen LogP contribution in [0.15, 0.2) is 48.5 Å². The van der Waals surface area contributed by atoms with Gasteiger partial charge in [0.2, 0.25) is 0 Å². The molecule has 0 unspecified atom stereocenters. The molecule has 2 amide bonds. The van der Waals surface area contributed by atoms with Crippen molar-refractivity contribution in [1.82, 2.24) is 9.78 Å². The Morgan fingerprint density at radius 3 is 2.43 bits per heavy atom. The Labute approximate surface area is 209 Å². The van der Waals surface area contributed by atoms with Crippen LogP contribution in [0.1, 0.15) is 48.5 Å². The van der Waals surface area contributed by atoms with Gasteiger partial charge in [0.1, 0.15) is 11.6 Å². The molecule has 1 aliphatic rings. The summed E-state index contributed by atoms with van der Waals surface area (Å²) in [5, 5.41) is 7.25. The van der Waals surface area contributed by atoms with Crippen LogP contribution in [0.25, 0.3) is 5.69 Å². The second-order valence-corrected chi connectivity index (χ2v) is 9.58. The summed E-state index contributed by atoms with van der Waals surface area (Å²) in [4.78, 5) is 25.1. The topological polar surface area (TPSA) is 118 Å². The summed E-state index contributed by atoms with van der Waals surface area (Å²) in [6.07, 6.45) is 0. The van der Waals surface area contributed by atoms with Crippen LogP contribution >= 0.6 is 11.6 Å². The van der Waals surface area contributed by atoms with Gasteiger partial charge in [0, 0.05) is 12.1 Å². The average molecular weight is 495 g/mol. The molecule has 2 aromatic carbocycles. The van der Waals surface area contributed by atoms with Crippen molar-refractivity contribution in [3.05, 3.63) is 64.8 Å². The second kappa shape index (κ2) is 9.07. The fourth-order valence-electron chi connectivity index (χ4n) is 3.56. The summed E-state index contributed by atoms with van der Waals surface area (Å²) < 4.78 is 18.9. The Kier molecular flexibility index (Phi) is 6.44. The van der Waals surface area contributed by atoms with Crippen LogP contribution in [-0.4, -0.2) is 48.0 Å². The van der Waals surface area contributed by atoms with Crippen molar-refractivity contribution in [2.45, 2.75) is 38.9 Å². The molecule has 180 valence electrons. The molecule has 2 heterocycles. The summed E-state index contributed by atoms with van der Waals surface area (Å²) in [7, 11) is 0.877. The molecule has 1 fully saturated rings. The van der Waals surface area contributed by atoms with Gasteiger partial charge in [0.25, 0.3) is 11.8 Å². The number of hydrogen-bond donors (Lipinski definition) is 2. The van der Waals surface area contributed by atoms with E-state index in [1.165, 1.54) is 18.8 Å². The van der Waals surface area contributed by atoms with Crippen LogP contribution in [0, 0.1) is 0 Å². The molecule has 4 rings (SSSR count). The minimum Gasteiger partial charge on any atom is -0.568 e. The van der Waals surface area contributed by atoms with Gasteiger partial charge in [-0.3, -0.25) is 9.59 Å². The molecule has 0 saturated carbocycles. The number of anilines is 1. The number of nitrogens with one attached hydrogen (secondary N) is 1. The monoisotopic (exact) mass is 494 g/mol. The molecule has 1 aromatic heterocycles. The number of hydrogen-bond acceptors (Lipinski definition) is 6. The van der Waals surface area contributed by atoms with Crippen molar-refractivity contribution in [2.75, 3.05) is 5.32 Å². The summed E-state index contributed by atoms with van der Waals surface area (Å²) in [5.74, 6) is -0.431. The predicted octanol–water partition coefficient (Wildman–Crippen LogP) is 2.10. The van der Waals surface area contributed by atoms with E-state index in [1.54, 1.807) is 42.5 Å². The minimum atomic E-state index is -0.733. The van der Waals surface area contributed by atoms with Gasteiger partial charge in [-0.2, -0.15) is 5.10 Å². The number of nitrogens with zero attached hydrogens (tertiary/aromatic N) is 2. The zero-order valence-electron chi connectivity index (χ0n) is 20.1. The quantitative estimate of drug-likeness (QED) is 0.507. The SMILES string of the molecule is BOc1cccc(-n2nc(C(N)=O)cc2NC(=O)c2cc(B3OC(C)(C)C(C)(C)O3)ccc2Cl)c1. The van der Waals surface area contributed by atoms with Crippen LogP contribution < -0.4 is 21.2 Å². The largest absolute Gasteiger partial charge is 0.568 e. The molecule has 0 radical (unpaired) electrons. The lowest BCUT2D eigenvalue weighted by Gasteiger charge is -2.32. The average Bonchev–Trinajstić information content (AvgIpc) is 3.31. The van der Waals surface area contributed by atoms with E-state index < -0.39 is 30.1 Å². The molecule has 12 heteroatoms. The first kappa shape index (κ1) is 24.8. The smallest absolute Gasteiger partial charge is 0.494 e. The number of primary amides is 1. The maximum absolute atomic E-state index is 13.3. The molecule has 0 bridgehead atoms. The van der Waals surface area contributed by atoms with E-state index in [1.807, 2.05) is 27.7 Å². The van der Waals surface area contributed by atoms with Crippen molar-refractivity contribution in [2.24, 2.45) is 5.73 Å². The van der Waals surface area contributed by atoms with Crippen LogP contribution in [0.4, 0.5) is 5.82 Å². The van der Waals surface area contributed by atoms with Crippen LogP contribution in [0.2, 0.25) is 5.02 Å². The maximum Gasteiger partial charge on any atom is 0.494 e. The van der Waals surface area contributed by atoms with Crippen molar-refractivity contribution in [3.8, 4) is 11.4 Å². The fourth-order valence-corrected chi connectivity index (χ4v) is 3.76. The molecule has 1 saturated heterocycles. The van der Waals surface area contributed by atoms with Crippen LogP contribution in [0.3, 0.4) is 0 Å². The Hall–Kier alpha value is -3.27. The van der Waals surface area contributed by atoms with E-state index in [0.717, 1.165) is 0 Å². The first-order valence-corrected chi connectivity index (χ1v) is 11.3. The van der Waals surface area contributed by atoms with Gasteiger partial charge in [-0.25, -0.2) is 4.68 Å². The third-order valence-corrected chi connectivity index (χ3v) is 6.59. The van der Waals surface area contributed by atoms with Crippen molar-refractivity contribution in [3.63, 3.8) is 0 Å². The van der Waals surface area contributed by atoms with E-state index in [4.69, 9.17) is 31.3 Å². The first-order chi connectivity index (χ1) is 16.4. The third-order valence-electron chi connectivity index (χ3n) is 6.26. The number of rotatable bonds is 6. The third kappa shape index (κ3) is 4.80. The summed E-state index contributed by atoms with van der Waals surface area (Å²) >= 11 is 6.37. The molecule has 0 atom stereocenters. The number of aromatic nitrogens is 2. The van der Waals surface area contributed by atoms with Gasteiger partial charge in [0.15, 0.2) is 5.69 Å². The molecule has 9 nitrogen and oxygen atoms in total. The van der Waals surface area contributed by atoms with Crippen LogP contribution in [0.5, 0.6) is 5.75 Å².